The molecule has 0 bridgehead atoms. The molecule has 0 saturated carbocycles. The van der Waals surface area contributed by atoms with Crippen molar-refractivity contribution in [2.24, 2.45) is 0 Å². The van der Waals surface area contributed by atoms with E-state index in [-0.39, 0.29) is 19.4 Å². The normalized spacial score (nSPS) is 12.4. The summed E-state index contributed by atoms with van der Waals surface area (Å²) in [5.74, 6) is -0.893. The van der Waals surface area contributed by atoms with Crippen LogP contribution in [0.2, 0.25) is 0 Å². The van der Waals surface area contributed by atoms with E-state index in [1.165, 1.54) is 77.0 Å². The molecule has 38 heavy (non-hydrogen) atoms. The largest absolute Gasteiger partial charge is 0.469 e. The summed E-state index contributed by atoms with van der Waals surface area (Å²) >= 11 is 0. The van der Waals surface area contributed by atoms with E-state index in [1.54, 1.807) is 0 Å². The monoisotopic (exact) mass is 564 g/mol. The Hall–Kier alpha value is -0.950. The van der Waals surface area contributed by atoms with E-state index in [4.69, 9.17) is 19.3 Å². The summed E-state index contributed by atoms with van der Waals surface area (Å²) in [4.78, 5) is 42.0. The van der Waals surface area contributed by atoms with Crippen molar-refractivity contribution in [3.05, 3.63) is 0 Å². The van der Waals surface area contributed by atoms with E-state index in [2.05, 4.69) is 18.4 Å². The fraction of sp³-hybridized carbons (Fsp3) is 0.931. The van der Waals surface area contributed by atoms with Gasteiger partial charge in [-0.05, 0) is 12.8 Å². The maximum absolute atomic E-state index is 12.1. The summed E-state index contributed by atoms with van der Waals surface area (Å²) in [6.07, 6.45) is 23.0. The lowest BCUT2D eigenvalue weighted by Crippen LogP contribution is -2.29. The van der Waals surface area contributed by atoms with Crippen LogP contribution in [0.15, 0.2) is 0 Å². The van der Waals surface area contributed by atoms with E-state index in [0.29, 0.717) is 6.42 Å². The third-order valence-corrected chi connectivity index (χ3v) is 7.11. The van der Waals surface area contributed by atoms with Crippen LogP contribution >= 0.6 is 7.82 Å². The summed E-state index contributed by atoms with van der Waals surface area (Å²) < 4.78 is 25.9. The maximum atomic E-state index is 12.1. The molecule has 0 aromatic heterocycles. The smallest absolute Gasteiger partial charge is 0.462 e. The lowest BCUT2D eigenvalue weighted by atomic mass is 10.0. The lowest BCUT2D eigenvalue weighted by Gasteiger charge is -2.18. The molecule has 1 atom stereocenters. The topological polar surface area (TPSA) is 119 Å². The van der Waals surface area contributed by atoms with E-state index < -0.39 is 32.5 Å². The standard InChI is InChI=1S/C29H57O8P/c1-3-5-7-9-10-11-12-13-14-15-16-17-18-20-21-23-28(30)35-25-27(26-36-38(32,33)34)37-29(31)24-22-19-8-6-4-2/h27H,3-26H2,1-2H3,(H2,32,33,34)/t27-/m1/s1. The Balaban J connectivity index is 3.88. The highest BCUT2D eigenvalue weighted by molar-refractivity contribution is 7.46. The van der Waals surface area contributed by atoms with Crippen molar-refractivity contribution in [2.45, 2.75) is 161 Å². The molecule has 0 spiro atoms. The van der Waals surface area contributed by atoms with Gasteiger partial charge >= 0.3 is 19.8 Å². The van der Waals surface area contributed by atoms with Crippen LogP contribution in [0, 0.1) is 0 Å². The summed E-state index contributed by atoms with van der Waals surface area (Å²) in [5.41, 5.74) is 0. The number of hydrogen-bond donors (Lipinski definition) is 2. The number of rotatable bonds is 28. The Morgan fingerprint density at radius 1 is 0.579 bits per heavy atom. The quantitative estimate of drug-likeness (QED) is 0.0555. The lowest BCUT2D eigenvalue weighted by molar-refractivity contribution is -0.161. The molecule has 0 aliphatic rings. The molecule has 9 heteroatoms. The van der Waals surface area contributed by atoms with Crippen molar-refractivity contribution in [2.75, 3.05) is 13.2 Å². The number of hydrogen-bond acceptors (Lipinski definition) is 6. The van der Waals surface area contributed by atoms with Crippen LogP contribution < -0.4 is 0 Å². The zero-order valence-electron chi connectivity index (χ0n) is 24.3. The van der Waals surface area contributed by atoms with Crippen LogP contribution in [-0.2, 0) is 28.2 Å². The van der Waals surface area contributed by atoms with Gasteiger partial charge in [0.2, 0.25) is 0 Å². The Morgan fingerprint density at radius 3 is 1.34 bits per heavy atom. The van der Waals surface area contributed by atoms with Crippen molar-refractivity contribution < 1.29 is 37.9 Å². The Labute approximate surface area is 232 Å². The molecule has 0 unspecified atom stereocenters. The van der Waals surface area contributed by atoms with Crippen molar-refractivity contribution in [1.29, 1.82) is 0 Å². The van der Waals surface area contributed by atoms with Gasteiger partial charge in [-0.2, -0.15) is 0 Å². The Kier molecular flexibility index (Phi) is 25.6. The number of carbonyl (C=O) groups excluding carboxylic acids is 2. The number of carbonyl (C=O) groups is 2. The Morgan fingerprint density at radius 2 is 0.947 bits per heavy atom. The van der Waals surface area contributed by atoms with E-state index >= 15 is 0 Å². The third kappa shape index (κ3) is 28.1. The number of phosphoric acid groups is 1. The van der Waals surface area contributed by atoms with E-state index in [1.807, 2.05) is 0 Å². The zero-order chi connectivity index (χ0) is 28.3. The number of esters is 2. The predicted molar refractivity (Wildman–Crippen MR) is 152 cm³/mol. The van der Waals surface area contributed by atoms with Gasteiger partial charge in [-0.1, -0.05) is 129 Å². The summed E-state index contributed by atoms with van der Waals surface area (Å²) in [6.45, 7) is 3.56. The first-order chi connectivity index (χ1) is 18.3. The Bertz CT molecular complexity index is 607. The van der Waals surface area contributed by atoms with Crippen molar-refractivity contribution in [3.8, 4) is 0 Å². The second kappa shape index (κ2) is 26.3. The van der Waals surface area contributed by atoms with Crippen LogP contribution in [0.3, 0.4) is 0 Å². The van der Waals surface area contributed by atoms with Crippen LogP contribution in [0.4, 0.5) is 0 Å². The van der Waals surface area contributed by atoms with Gasteiger partial charge in [0, 0.05) is 12.8 Å². The summed E-state index contributed by atoms with van der Waals surface area (Å²) in [6, 6.07) is 0. The van der Waals surface area contributed by atoms with Crippen LogP contribution in [0.5, 0.6) is 0 Å². The van der Waals surface area contributed by atoms with E-state index in [0.717, 1.165) is 44.9 Å². The first-order valence-corrected chi connectivity index (χ1v) is 16.9. The molecule has 226 valence electrons. The molecule has 0 aromatic rings. The predicted octanol–water partition coefficient (Wildman–Crippen LogP) is 8.17. The first-order valence-electron chi connectivity index (χ1n) is 15.3. The molecule has 8 nitrogen and oxygen atoms in total. The van der Waals surface area contributed by atoms with Crippen molar-refractivity contribution in [1.82, 2.24) is 0 Å². The summed E-state index contributed by atoms with van der Waals surface area (Å²) in [7, 11) is -4.72. The molecule has 0 aromatic carbocycles. The minimum Gasteiger partial charge on any atom is -0.462 e. The molecule has 0 saturated heterocycles. The van der Waals surface area contributed by atoms with E-state index in [9.17, 15) is 14.2 Å². The molecule has 0 fully saturated rings. The highest BCUT2D eigenvalue weighted by atomic mass is 31.2. The van der Waals surface area contributed by atoms with Gasteiger partial charge in [0.1, 0.15) is 6.61 Å². The molecule has 0 aliphatic heterocycles. The van der Waals surface area contributed by atoms with Gasteiger partial charge in [-0.3, -0.25) is 14.1 Å². The molecular formula is C29H57O8P. The average molecular weight is 565 g/mol. The maximum Gasteiger partial charge on any atom is 0.469 e. The second-order valence-corrected chi connectivity index (χ2v) is 11.7. The minimum absolute atomic E-state index is 0.212. The average Bonchev–Trinajstić information content (AvgIpc) is 2.87. The van der Waals surface area contributed by atoms with Gasteiger partial charge in [0.05, 0.1) is 6.61 Å². The molecule has 2 N–H and O–H groups in total. The van der Waals surface area contributed by atoms with Crippen molar-refractivity contribution in [3.63, 3.8) is 0 Å². The number of unbranched alkanes of at least 4 members (excludes halogenated alkanes) is 18. The van der Waals surface area contributed by atoms with Gasteiger partial charge < -0.3 is 19.3 Å². The van der Waals surface area contributed by atoms with Gasteiger partial charge in [-0.25, -0.2) is 4.57 Å². The van der Waals surface area contributed by atoms with Crippen LogP contribution in [-0.4, -0.2) is 41.0 Å². The van der Waals surface area contributed by atoms with Crippen molar-refractivity contribution >= 4 is 19.8 Å². The highest BCUT2D eigenvalue weighted by Crippen LogP contribution is 2.35. The van der Waals surface area contributed by atoms with Crippen LogP contribution in [0.25, 0.3) is 0 Å². The third-order valence-electron chi connectivity index (χ3n) is 6.63. The van der Waals surface area contributed by atoms with Gasteiger partial charge in [0.15, 0.2) is 6.10 Å². The molecule has 0 radical (unpaired) electrons. The molecular weight excluding hydrogens is 507 g/mol. The zero-order valence-corrected chi connectivity index (χ0v) is 25.2. The first kappa shape index (κ1) is 37.0. The van der Waals surface area contributed by atoms with Crippen LogP contribution in [0.1, 0.15) is 155 Å². The highest BCUT2D eigenvalue weighted by Gasteiger charge is 2.22. The molecule has 0 amide bonds. The molecule has 0 rings (SSSR count). The molecule has 0 heterocycles. The second-order valence-electron chi connectivity index (χ2n) is 10.4. The van der Waals surface area contributed by atoms with Gasteiger partial charge in [-0.15, -0.1) is 0 Å². The SMILES string of the molecule is CCCCCCCCCCCCCCCCCC(=O)OC[C@H](COP(=O)(O)O)OC(=O)CCCCCCC. The molecule has 0 aliphatic carbocycles. The van der Waals surface area contributed by atoms with Gasteiger partial charge in [0.25, 0.3) is 0 Å². The number of phosphoric ester groups is 1. The fourth-order valence-corrected chi connectivity index (χ4v) is 4.67. The summed E-state index contributed by atoms with van der Waals surface area (Å²) in [5, 5.41) is 0. The fourth-order valence-electron chi connectivity index (χ4n) is 4.31. The minimum atomic E-state index is -4.72. The number of ether oxygens (including phenoxy) is 2.